The summed E-state index contributed by atoms with van der Waals surface area (Å²) in [7, 11) is 3.59. The van der Waals surface area contributed by atoms with Gasteiger partial charge < -0.3 is 24.5 Å². The van der Waals surface area contributed by atoms with Crippen molar-refractivity contribution in [2.75, 3.05) is 13.7 Å². The number of methoxy groups -OCH3 is 1. The fourth-order valence-electron chi connectivity index (χ4n) is 2.64. The lowest BCUT2D eigenvalue weighted by atomic mass is 10.2. The second-order valence-corrected chi connectivity index (χ2v) is 5.87. The SMILES string of the molecule is COc1ccc2nc(COc3ccc(CNCC(=O)O)cc3)n(C)c2c1. The van der Waals surface area contributed by atoms with E-state index < -0.39 is 5.97 Å². The van der Waals surface area contributed by atoms with Crippen molar-refractivity contribution in [3.8, 4) is 11.5 Å². The van der Waals surface area contributed by atoms with Gasteiger partial charge >= 0.3 is 5.97 Å². The van der Waals surface area contributed by atoms with Crippen LogP contribution in [-0.2, 0) is 25.0 Å². The van der Waals surface area contributed by atoms with E-state index in [4.69, 9.17) is 14.6 Å². The molecule has 0 unspecified atom stereocenters. The predicted octanol–water partition coefficient (Wildman–Crippen LogP) is 2.34. The molecule has 7 heteroatoms. The molecule has 0 bridgehead atoms. The summed E-state index contributed by atoms with van der Waals surface area (Å²) in [6.45, 7) is 0.791. The Morgan fingerprint density at radius 3 is 2.62 bits per heavy atom. The number of rotatable bonds is 8. The molecule has 0 saturated carbocycles. The van der Waals surface area contributed by atoms with Crippen LogP contribution in [0.4, 0.5) is 0 Å². The molecule has 0 aliphatic rings. The van der Waals surface area contributed by atoms with Crippen molar-refractivity contribution in [1.29, 1.82) is 0 Å². The molecule has 0 amide bonds. The average Bonchev–Trinajstić information content (AvgIpc) is 2.96. The monoisotopic (exact) mass is 355 g/mol. The molecule has 0 radical (unpaired) electrons. The number of aryl methyl sites for hydroxylation is 1. The third kappa shape index (κ3) is 4.12. The summed E-state index contributed by atoms with van der Waals surface area (Å²) in [4.78, 5) is 15.1. The van der Waals surface area contributed by atoms with Crippen molar-refractivity contribution < 1.29 is 19.4 Å². The van der Waals surface area contributed by atoms with E-state index in [9.17, 15) is 4.79 Å². The number of aliphatic carboxylic acids is 1. The lowest BCUT2D eigenvalue weighted by Crippen LogP contribution is -2.21. The lowest BCUT2D eigenvalue weighted by molar-refractivity contribution is -0.135. The van der Waals surface area contributed by atoms with Crippen molar-refractivity contribution in [1.82, 2.24) is 14.9 Å². The molecule has 3 aromatic rings. The average molecular weight is 355 g/mol. The number of carboxylic acid groups (broad SMARTS) is 1. The molecule has 0 aliphatic carbocycles. The number of hydrogen-bond acceptors (Lipinski definition) is 5. The molecular formula is C19H21N3O4. The first kappa shape index (κ1) is 17.8. The molecule has 0 aliphatic heterocycles. The maximum absolute atomic E-state index is 10.5. The highest BCUT2D eigenvalue weighted by molar-refractivity contribution is 5.77. The third-order valence-corrected chi connectivity index (χ3v) is 4.08. The Hall–Kier alpha value is -3.06. The maximum Gasteiger partial charge on any atom is 0.317 e. The minimum atomic E-state index is -0.870. The Kier molecular flexibility index (Phi) is 5.38. The second-order valence-electron chi connectivity index (χ2n) is 5.87. The summed E-state index contributed by atoms with van der Waals surface area (Å²) in [5, 5.41) is 11.5. The number of carbonyl (C=O) groups is 1. The molecule has 0 atom stereocenters. The topological polar surface area (TPSA) is 85.6 Å². The Balaban J connectivity index is 1.62. The van der Waals surface area contributed by atoms with Gasteiger partial charge in [-0.05, 0) is 29.8 Å². The number of ether oxygens (including phenoxy) is 2. The van der Waals surface area contributed by atoms with Crippen molar-refractivity contribution in [3.63, 3.8) is 0 Å². The first-order chi connectivity index (χ1) is 12.6. The minimum Gasteiger partial charge on any atom is -0.497 e. The van der Waals surface area contributed by atoms with Gasteiger partial charge in [0.2, 0.25) is 0 Å². The van der Waals surface area contributed by atoms with E-state index in [-0.39, 0.29) is 6.54 Å². The highest BCUT2D eigenvalue weighted by atomic mass is 16.5. The third-order valence-electron chi connectivity index (χ3n) is 4.08. The van der Waals surface area contributed by atoms with Gasteiger partial charge in [-0.3, -0.25) is 4.79 Å². The van der Waals surface area contributed by atoms with Crippen LogP contribution in [0.1, 0.15) is 11.4 Å². The summed E-state index contributed by atoms with van der Waals surface area (Å²) in [6.07, 6.45) is 0. The van der Waals surface area contributed by atoms with Gasteiger partial charge in [-0.15, -0.1) is 0 Å². The molecule has 136 valence electrons. The number of benzene rings is 2. The van der Waals surface area contributed by atoms with Gasteiger partial charge in [-0.1, -0.05) is 12.1 Å². The fraction of sp³-hybridized carbons (Fsp3) is 0.263. The molecular weight excluding hydrogens is 334 g/mol. The Morgan fingerprint density at radius 1 is 1.19 bits per heavy atom. The van der Waals surface area contributed by atoms with E-state index in [1.807, 2.05) is 54.1 Å². The molecule has 3 rings (SSSR count). The molecule has 1 heterocycles. The van der Waals surface area contributed by atoms with Crippen molar-refractivity contribution in [3.05, 3.63) is 53.9 Å². The van der Waals surface area contributed by atoms with Crippen LogP contribution in [0, 0.1) is 0 Å². The van der Waals surface area contributed by atoms with Crippen LogP contribution in [0.25, 0.3) is 11.0 Å². The first-order valence-electron chi connectivity index (χ1n) is 8.20. The van der Waals surface area contributed by atoms with E-state index in [0.717, 1.165) is 33.9 Å². The number of aromatic nitrogens is 2. The zero-order valence-electron chi connectivity index (χ0n) is 14.7. The van der Waals surface area contributed by atoms with Gasteiger partial charge in [0, 0.05) is 19.7 Å². The second kappa shape index (κ2) is 7.88. The predicted molar refractivity (Wildman–Crippen MR) is 97.4 cm³/mol. The molecule has 1 aromatic heterocycles. The lowest BCUT2D eigenvalue weighted by Gasteiger charge is -2.08. The van der Waals surface area contributed by atoms with E-state index in [1.54, 1.807) is 7.11 Å². The summed E-state index contributed by atoms with van der Waals surface area (Å²) in [6, 6.07) is 13.3. The number of nitrogens with zero attached hydrogens (tertiary/aromatic N) is 2. The molecule has 2 aromatic carbocycles. The summed E-state index contributed by atoms with van der Waals surface area (Å²) >= 11 is 0. The van der Waals surface area contributed by atoms with Crippen LogP contribution in [0.2, 0.25) is 0 Å². The van der Waals surface area contributed by atoms with Crippen molar-refractivity contribution in [2.24, 2.45) is 7.05 Å². The van der Waals surface area contributed by atoms with E-state index >= 15 is 0 Å². The number of imidazole rings is 1. The highest BCUT2D eigenvalue weighted by Crippen LogP contribution is 2.22. The quantitative estimate of drug-likeness (QED) is 0.645. The summed E-state index contributed by atoms with van der Waals surface area (Å²) in [5.74, 6) is 1.47. The molecule has 0 fully saturated rings. The van der Waals surface area contributed by atoms with Gasteiger partial charge in [0.15, 0.2) is 0 Å². The standard InChI is InChI=1S/C19H21N3O4/c1-22-17-9-15(25-2)7-8-16(17)21-18(22)12-26-14-5-3-13(4-6-14)10-20-11-19(23)24/h3-9,20H,10-12H2,1-2H3,(H,23,24). The van der Waals surface area contributed by atoms with E-state index in [0.29, 0.717) is 13.2 Å². The molecule has 26 heavy (non-hydrogen) atoms. The molecule has 2 N–H and O–H groups in total. The zero-order chi connectivity index (χ0) is 18.5. The van der Waals surface area contributed by atoms with Crippen LogP contribution < -0.4 is 14.8 Å². The van der Waals surface area contributed by atoms with Crippen LogP contribution in [-0.4, -0.2) is 34.3 Å². The smallest absolute Gasteiger partial charge is 0.317 e. The Bertz CT molecular complexity index is 903. The van der Waals surface area contributed by atoms with E-state index in [1.165, 1.54) is 0 Å². The van der Waals surface area contributed by atoms with Gasteiger partial charge in [0.25, 0.3) is 0 Å². The van der Waals surface area contributed by atoms with Gasteiger partial charge in [-0.2, -0.15) is 0 Å². The Morgan fingerprint density at radius 2 is 1.92 bits per heavy atom. The van der Waals surface area contributed by atoms with Gasteiger partial charge in [-0.25, -0.2) is 4.98 Å². The fourth-order valence-corrected chi connectivity index (χ4v) is 2.64. The van der Waals surface area contributed by atoms with Crippen LogP contribution in [0.3, 0.4) is 0 Å². The maximum atomic E-state index is 10.5. The van der Waals surface area contributed by atoms with Crippen molar-refractivity contribution >= 4 is 17.0 Å². The van der Waals surface area contributed by atoms with Crippen LogP contribution in [0.15, 0.2) is 42.5 Å². The minimum absolute atomic E-state index is 0.0598. The largest absolute Gasteiger partial charge is 0.497 e. The van der Waals surface area contributed by atoms with Crippen LogP contribution in [0.5, 0.6) is 11.5 Å². The van der Waals surface area contributed by atoms with Gasteiger partial charge in [0.1, 0.15) is 23.9 Å². The van der Waals surface area contributed by atoms with Gasteiger partial charge in [0.05, 0.1) is 24.7 Å². The summed E-state index contributed by atoms with van der Waals surface area (Å²) < 4.78 is 13.1. The Labute approximate surface area is 151 Å². The van der Waals surface area contributed by atoms with Crippen molar-refractivity contribution in [2.45, 2.75) is 13.2 Å². The number of nitrogens with one attached hydrogen (secondary N) is 1. The van der Waals surface area contributed by atoms with E-state index in [2.05, 4.69) is 10.3 Å². The number of hydrogen-bond donors (Lipinski definition) is 2. The number of carboxylic acids is 1. The normalized spacial score (nSPS) is 10.8. The zero-order valence-corrected chi connectivity index (χ0v) is 14.7. The summed E-state index contributed by atoms with van der Waals surface area (Å²) in [5.41, 5.74) is 2.88. The molecule has 7 nitrogen and oxygen atoms in total. The molecule has 0 spiro atoms. The number of fused-ring (bicyclic) bond motifs is 1. The molecule has 0 saturated heterocycles. The van der Waals surface area contributed by atoms with Crippen LogP contribution >= 0.6 is 0 Å². The highest BCUT2D eigenvalue weighted by Gasteiger charge is 2.09. The first-order valence-corrected chi connectivity index (χ1v) is 8.20.